The molecule has 2 atom stereocenters. The van der Waals surface area contributed by atoms with E-state index in [1.165, 1.54) is 17.0 Å². The second-order valence-corrected chi connectivity index (χ2v) is 11.6. The minimum atomic E-state index is -4.18. The lowest BCUT2D eigenvalue weighted by molar-refractivity contribution is -0.139. The van der Waals surface area contributed by atoms with Crippen molar-refractivity contribution in [2.24, 2.45) is 0 Å². The standard InChI is InChI=1S/C31H39N3O5S/c1-6-24(4)32-31(36)25(5)33(21-26-13-9-8-10-14-26)30(35)22-34(28-15-11-12-16-29(28)39-7-2)40(37,38)27-19-17-23(3)18-20-27/h8-20,24-25H,6-7,21-22H2,1-5H3,(H,32,36)/t24-,25+/m0/s1. The summed E-state index contributed by atoms with van der Waals surface area (Å²) < 4.78 is 34.9. The Balaban J connectivity index is 2.06. The molecule has 0 spiro atoms. The number of hydrogen-bond donors (Lipinski definition) is 1. The van der Waals surface area contributed by atoms with Crippen LogP contribution in [0.4, 0.5) is 5.69 Å². The molecule has 0 fully saturated rings. The molecular formula is C31H39N3O5S. The number of amides is 2. The van der Waals surface area contributed by atoms with Gasteiger partial charge in [-0.2, -0.15) is 0 Å². The molecule has 0 aliphatic rings. The molecule has 3 aromatic carbocycles. The summed E-state index contributed by atoms with van der Waals surface area (Å²) in [5, 5.41) is 2.94. The predicted molar refractivity (Wildman–Crippen MR) is 158 cm³/mol. The van der Waals surface area contributed by atoms with Gasteiger partial charge in [-0.1, -0.05) is 67.1 Å². The fourth-order valence-corrected chi connectivity index (χ4v) is 5.54. The zero-order valence-corrected chi connectivity index (χ0v) is 24.6. The van der Waals surface area contributed by atoms with Gasteiger partial charge < -0.3 is 15.0 Å². The van der Waals surface area contributed by atoms with Crippen LogP contribution in [0, 0.1) is 6.92 Å². The minimum Gasteiger partial charge on any atom is -0.492 e. The van der Waals surface area contributed by atoms with Crippen LogP contribution in [0.2, 0.25) is 0 Å². The maximum atomic E-state index is 14.0. The normalized spacial score (nSPS) is 12.7. The first-order valence-corrected chi connectivity index (χ1v) is 15.0. The smallest absolute Gasteiger partial charge is 0.264 e. The van der Waals surface area contributed by atoms with Crippen LogP contribution >= 0.6 is 0 Å². The van der Waals surface area contributed by atoms with E-state index >= 15 is 0 Å². The average molecular weight is 566 g/mol. The van der Waals surface area contributed by atoms with E-state index in [1.54, 1.807) is 50.2 Å². The quantitative estimate of drug-likeness (QED) is 0.317. The van der Waals surface area contributed by atoms with E-state index in [0.29, 0.717) is 12.4 Å². The van der Waals surface area contributed by atoms with Crippen molar-refractivity contribution in [3.8, 4) is 5.75 Å². The van der Waals surface area contributed by atoms with Gasteiger partial charge in [-0.15, -0.1) is 0 Å². The molecule has 0 aliphatic heterocycles. The van der Waals surface area contributed by atoms with Crippen LogP contribution in [0.15, 0.2) is 83.8 Å². The molecule has 1 N–H and O–H groups in total. The van der Waals surface area contributed by atoms with Gasteiger partial charge in [0.25, 0.3) is 10.0 Å². The van der Waals surface area contributed by atoms with E-state index < -0.39 is 28.5 Å². The summed E-state index contributed by atoms with van der Waals surface area (Å²) in [5.74, 6) is -0.482. The van der Waals surface area contributed by atoms with Gasteiger partial charge in [0.1, 0.15) is 18.3 Å². The minimum absolute atomic E-state index is 0.0503. The molecule has 9 heteroatoms. The number of hydrogen-bond acceptors (Lipinski definition) is 5. The molecule has 2 amide bonds. The fourth-order valence-electron chi connectivity index (χ4n) is 4.12. The number of aryl methyl sites for hydroxylation is 1. The van der Waals surface area contributed by atoms with Gasteiger partial charge in [-0.05, 0) is 63.9 Å². The Morgan fingerprint density at radius 2 is 1.52 bits per heavy atom. The van der Waals surface area contributed by atoms with Gasteiger partial charge in [0.2, 0.25) is 11.8 Å². The van der Waals surface area contributed by atoms with Gasteiger partial charge in [-0.25, -0.2) is 8.42 Å². The van der Waals surface area contributed by atoms with E-state index in [0.717, 1.165) is 21.9 Å². The molecule has 214 valence electrons. The summed E-state index contributed by atoms with van der Waals surface area (Å²) in [6.45, 7) is 9.13. The average Bonchev–Trinajstić information content (AvgIpc) is 2.95. The summed E-state index contributed by atoms with van der Waals surface area (Å²) in [5.41, 5.74) is 1.97. The highest BCUT2D eigenvalue weighted by molar-refractivity contribution is 7.92. The highest BCUT2D eigenvalue weighted by Gasteiger charge is 2.34. The third-order valence-corrected chi connectivity index (χ3v) is 8.46. The topological polar surface area (TPSA) is 96.0 Å². The number of nitrogens with one attached hydrogen (secondary N) is 1. The summed E-state index contributed by atoms with van der Waals surface area (Å²) in [7, 11) is -4.18. The third kappa shape index (κ3) is 7.63. The van der Waals surface area contributed by atoms with Crippen LogP contribution < -0.4 is 14.4 Å². The van der Waals surface area contributed by atoms with Crippen molar-refractivity contribution in [2.45, 2.75) is 64.6 Å². The van der Waals surface area contributed by atoms with Crippen LogP contribution in [-0.4, -0.2) is 50.4 Å². The second kappa shape index (κ2) is 14.0. The van der Waals surface area contributed by atoms with E-state index in [2.05, 4.69) is 5.32 Å². The van der Waals surface area contributed by atoms with Gasteiger partial charge in [-0.3, -0.25) is 13.9 Å². The van der Waals surface area contributed by atoms with E-state index in [1.807, 2.05) is 51.1 Å². The predicted octanol–water partition coefficient (Wildman–Crippen LogP) is 4.92. The van der Waals surface area contributed by atoms with Crippen molar-refractivity contribution < 1.29 is 22.7 Å². The Morgan fingerprint density at radius 1 is 0.900 bits per heavy atom. The van der Waals surface area contributed by atoms with Crippen LogP contribution in [0.5, 0.6) is 5.75 Å². The molecule has 0 saturated heterocycles. The highest BCUT2D eigenvalue weighted by Crippen LogP contribution is 2.33. The van der Waals surface area contributed by atoms with E-state index in [-0.39, 0.29) is 29.1 Å². The Labute approximate surface area is 238 Å². The second-order valence-electron chi connectivity index (χ2n) is 9.73. The molecule has 0 heterocycles. The Bertz CT molecular complexity index is 1380. The van der Waals surface area contributed by atoms with Gasteiger partial charge in [0, 0.05) is 12.6 Å². The maximum Gasteiger partial charge on any atom is 0.264 e. The molecule has 40 heavy (non-hydrogen) atoms. The molecular weight excluding hydrogens is 526 g/mol. The Kier molecular flexibility index (Phi) is 10.7. The summed E-state index contributed by atoms with van der Waals surface area (Å²) in [6, 6.07) is 21.6. The van der Waals surface area contributed by atoms with Crippen LogP contribution in [0.1, 0.15) is 45.2 Å². The Hall–Kier alpha value is -3.85. The lowest BCUT2D eigenvalue weighted by Crippen LogP contribution is -2.52. The number of rotatable bonds is 13. The van der Waals surface area contributed by atoms with Crippen LogP contribution in [-0.2, 0) is 26.2 Å². The number of anilines is 1. The number of carbonyl (C=O) groups is 2. The molecule has 0 aromatic heterocycles. The van der Waals surface area contributed by atoms with E-state index in [4.69, 9.17) is 4.74 Å². The van der Waals surface area contributed by atoms with Crippen molar-refractivity contribution in [3.05, 3.63) is 90.0 Å². The highest BCUT2D eigenvalue weighted by atomic mass is 32.2. The van der Waals surface area contributed by atoms with Crippen molar-refractivity contribution in [2.75, 3.05) is 17.5 Å². The third-order valence-electron chi connectivity index (χ3n) is 6.69. The number of sulfonamides is 1. The number of ether oxygens (including phenoxy) is 1. The van der Waals surface area contributed by atoms with Crippen molar-refractivity contribution in [1.82, 2.24) is 10.2 Å². The van der Waals surface area contributed by atoms with Gasteiger partial charge in [0.05, 0.1) is 17.2 Å². The fraction of sp³-hybridized carbons (Fsp3) is 0.355. The molecule has 0 aliphatic carbocycles. The van der Waals surface area contributed by atoms with E-state index in [9.17, 15) is 18.0 Å². The van der Waals surface area contributed by atoms with Crippen molar-refractivity contribution >= 4 is 27.5 Å². The first-order chi connectivity index (χ1) is 19.1. The van der Waals surface area contributed by atoms with Crippen molar-refractivity contribution in [1.29, 1.82) is 0 Å². The summed E-state index contributed by atoms with van der Waals surface area (Å²) >= 11 is 0. The lowest BCUT2D eigenvalue weighted by atomic mass is 10.1. The number of para-hydroxylation sites is 2. The monoisotopic (exact) mass is 565 g/mol. The molecule has 0 unspecified atom stereocenters. The lowest BCUT2D eigenvalue weighted by Gasteiger charge is -2.33. The first kappa shape index (κ1) is 30.7. The molecule has 0 radical (unpaired) electrons. The molecule has 0 bridgehead atoms. The molecule has 3 rings (SSSR count). The van der Waals surface area contributed by atoms with Gasteiger partial charge in [0.15, 0.2) is 0 Å². The Morgan fingerprint density at radius 3 is 2.15 bits per heavy atom. The SMILES string of the molecule is CCOc1ccccc1N(CC(=O)N(Cc1ccccc1)[C@H](C)C(=O)N[C@@H](C)CC)S(=O)(=O)c1ccc(C)cc1. The molecule has 3 aromatic rings. The van der Waals surface area contributed by atoms with Crippen LogP contribution in [0.25, 0.3) is 0 Å². The van der Waals surface area contributed by atoms with Crippen molar-refractivity contribution in [3.63, 3.8) is 0 Å². The number of carbonyl (C=O) groups excluding carboxylic acids is 2. The number of nitrogens with zero attached hydrogens (tertiary/aromatic N) is 2. The van der Waals surface area contributed by atoms with Crippen LogP contribution in [0.3, 0.4) is 0 Å². The number of benzene rings is 3. The molecule has 0 saturated carbocycles. The maximum absolute atomic E-state index is 14.0. The van der Waals surface area contributed by atoms with Gasteiger partial charge >= 0.3 is 0 Å². The zero-order valence-electron chi connectivity index (χ0n) is 23.8. The first-order valence-electron chi connectivity index (χ1n) is 13.5. The zero-order chi connectivity index (χ0) is 29.3. The molecule has 8 nitrogen and oxygen atoms in total. The summed E-state index contributed by atoms with van der Waals surface area (Å²) in [4.78, 5) is 28.6. The summed E-state index contributed by atoms with van der Waals surface area (Å²) in [6.07, 6.45) is 0.738. The largest absolute Gasteiger partial charge is 0.492 e.